The van der Waals surface area contributed by atoms with Gasteiger partial charge in [-0.1, -0.05) is 36.4 Å². The number of aliphatic hydroxyl groups is 1. The standard InChI is InChI=1S/C16H12F3NO3/c1-23-14(21)20-12-8-4-7-11-13(12)9-5-2-3-6-10(9)15(11,22)16(17,18)19/h2-8,22H,1H3,(H,20,21). The summed E-state index contributed by atoms with van der Waals surface area (Å²) in [4.78, 5) is 11.4. The third kappa shape index (κ3) is 2.08. The Labute approximate surface area is 129 Å². The van der Waals surface area contributed by atoms with E-state index in [1.807, 2.05) is 0 Å². The molecule has 7 heteroatoms. The molecular formula is C16H12F3NO3. The highest BCUT2D eigenvalue weighted by Crippen LogP contribution is 2.56. The number of alkyl halides is 3. The first kappa shape index (κ1) is 15.4. The third-order valence-corrected chi connectivity index (χ3v) is 3.87. The van der Waals surface area contributed by atoms with Crippen LogP contribution in [0.4, 0.5) is 23.7 Å². The van der Waals surface area contributed by atoms with Crippen LogP contribution in [0.1, 0.15) is 11.1 Å². The SMILES string of the molecule is COC(=O)Nc1cccc2c1-c1ccccc1C2(O)C(F)(F)F. The highest BCUT2D eigenvalue weighted by molar-refractivity contribution is 5.96. The van der Waals surface area contributed by atoms with E-state index in [9.17, 15) is 23.1 Å². The second kappa shape index (κ2) is 4.99. The van der Waals surface area contributed by atoms with E-state index >= 15 is 0 Å². The van der Waals surface area contributed by atoms with E-state index in [1.54, 1.807) is 6.07 Å². The fourth-order valence-electron chi connectivity index (χ4n) is 2.88. The number of anilines is 1. The van der Waals surface area contributed by atoms with Gasteiger partial charge in [0.1, 0.15) is 0 Å². The van der Waals surface area contributed by atoms with Crippen LogP contribution in [-0.2, 0) is 10.3 Å². The summed E-state index contributed by atoms with van der Waals surface area (Å²) in [7, 11) is 1.15. The zero-order valence-corrected chi connectivity index (χ0v) is 11.9. The van der Waals surface area contributed by atoms with E-state index in [1.165, 1.54) is 36.4 Å². The van der Waals surface area contributed by atoms with E-state index < -0.39 is 17.9 Å². The molecule has 2 aromatic rings. The molecule has 0 fully saturated rings. The van der Waals surface area contributed by atoms with Crippen LogP contribution in [0, 0.1) is 0 Å². The first-order valence-electron chi connectivity index (χ1n) is 6.68. The maximum Gasteiger partial charge on any atom is 0.425 e. The van der Waals surface area contributed by atoms with Gasteiger partial charge in [0.15, 0.2) is 0 Å². The van der Waals surface area contributed by atoms with Gasteiger partial charge in [-0.15, -0.1) is 0 Å². The number of amides is 1. The molecule has 0 bridgehead atoms. The number of methoxy groups -OCH3 is 1. The van der Waals surface area contributed by atoms with Crippen molar-refractivity contribution in [3.8, 4) is 11.1 Å². The van der Waals surface area contributed by atoms with Crippen LogP contribution in [0.2, 0.25) is 0 Å². The lowest BCUT2D eigenvalue weighted by Crippen LogP contribution is -2.41. The molecule has 0 aromatic heterocycles. The number of carbonyl (C=O) groups is 1. The van der Waals surface area contributed by atoms with Crippen LogP contribution in [-0.4, -0.2) is 24.5 Å². The van der Waals surface area contributed by atoms with E-state index in [0.29, 0.717) is 0 Å². The average Bonchev–Trinajstić information content (AvgIpc) is 2.79. The Morgan fingerprint density at radius 1 is 1.13 bits per heavy atom. The van der Waals surface area contributed by atoms with Gasteiger partial charge in [-0.25, -0.2) is 4.79 Å². The fraction of sp³-hybridized carbons (Fsp3) is 0.188. The van der Waals surface area contributed by atoms with E-state index in [2.05, 4.69) is 10.1 Å². The molecule has 1 atom stereocenters. The third-order valence-electron chi connectivity index (χ3n) is 3.87. The molecule has 0 radical (unpaired) electrons. The summed E-state index contributed by atoms with van der Waals surface area (Å²) in [6.07, 6.45) is -5.71. The van der Waals surface area contributed by atoms with Gasteiger partial charge in [-0.2, -0.15) is 13.2 Å². The van der Waals surface area contributed by atoms with Crippen LogP contribution in [0.3, 0.4) is 0 Å². The first-order valence-corrected chi connectivity index (χ1v) is 6.68. The maximum absolute atomic E-state index is 13.6. The van der Waals surface area contributed by atoms with Crippen LogP contribution in [0.25, 0.3) is 11.1 Å². The molecule has 0 saturated heterocycles. The largest absolute Gasteiger partial charge is 0.453 e. The van der Waals surface area contributed by atoms with Gasteiger partial charge >= 0.3 is 12.3 Å². The minimum absolute atomic E-state index is 0.133. The fourth-order valence-corrected chi connectivity index (χ4v) is 2.88. The molecule has 3 rings (SSSR count). The molecule has 1 unspecified atom stereocenters. The molecule has 1 aliphatic carbocycles. The Bertz CT molecular complexity index is 788. The van der Waals surface area contributed by atoms with Crippen molar-refractivity contribution in [3.05, 3.63) is 53.6 Å². The van der Waals surface area contributed by atoms with Crippen LogP contribution < -0.4 is 5.32 Å². The zero-order chi connectivity index (χ0) is 16.8. The van der Waals surface area contributed by atoms with Crippen molar-refractivity contribution in [2.45, 2.75) is 11.8 Å². The number of hydrogen-bond donors (Lipinski definition) is 2. The van der Waals surface area contributed by atoms with Gasteiger partial charge < -0.3 is 9.84 Å². The van der Waals surface area contributed by atoms with Crippen molar-refractivity contribution in [1.29, 1.82) is 0 Å². The predicted octanol–water partition coefficient (Wildman–Crippen LogP) is 3.64. The normalized spacial score (nSPS) is 19.0. The molecule has 120 valence electrons. The molecule has 0 saturated carbocycles. The van der Waals surface area contributed by atoms with Crippen molar-refractivity contribution in [2.75, 3.05) is 12.4 Å². The number of halogens is 3. The number of fused-ring (bicyclic) bond motifs is 3. The van der Waals surface area contributed by atoms with Gasteiger partial charge in [-0.05, 0) is 11.6 Å². The van der Waals surface area contributed by atoms with Gasteiger partial charge in [0.05, 0.1) is 12.8 Å². The molecule has 1 aliphatic rings. The number of ether oxygens (including phenoxy) is 1. The number of hydrogen-bond acceptors (Lipinski definition) is 3. The number of nitrogens with one attached hydrogen (secondary N) is 1. The average molecular weight is 323 g/mol. The number of benzene rings is 2. The summed E-state index contributed by atoms with van der Waals surface area (Å²) in [5, 5.41) is 12.9. The van der Waals surface area contributed by atoms with Crippen molar-refractivity contribution < 1.29 is 27.8 Å². The quantitative estimate of drug-likeness (QED) is 0.842. The second-order valence-electron chi connectivity index (χ2n) is 5.10. The Morgan fingerprint density at radius 3 is 2.43 bits per heavy atom. The molecule has 4 nitrogen and oxygen atoms in total. The predicted molar refractivity (Wildman–Crippen MR) is 77.0 cm³/mol. The summed E-state index contributed by atoms with van der Waals surface area (Å²) >= 11 is 0. The molecule has 23 heavy (non-hydrogen) atoms. The monoisotopic (exact) mass is 323 g/mol. The van der Waals surface area contributed by atoms with Crippen molar-refractivity contribution in [2.24, 2.45) is 0 Å². The molecule has 2 aromatic carbocycles. The van der Waals surface area contributed by atoms with Crippen LogP contribution in [0.15, 0.2) is 42.5 Å². The van der Waals surface area contributed by atoms with Crippen molar-refractivity contribution in [3.63, 3.8) is 0 Å². The Morgan fingerprint density at radius 2 is 1.78 bits per heavy atom. The van der Waals surface area contributed by atoms with E-state index in [0.717, 1.165) is 7.11 Å². The number of rotatable bonds is 1. The molecular weight excluding hydrogens is 311 g/mol. The molecule has 1 amide bonds. The molecule has 0 heterocycles. The topological polar surface area (TPSA) is 58.6 Å². The Hall–Kier alpha value is -2.54. The molecule has 0 spiro atoms. The second-order valence-corrected chi connectivity index (χ2v) is 5.10. The van der Waals surface area contributed by atoms with Crippen LogP contribution >= 0.6 is 0 Å². The van der Waals surface area contributed by atoms with Crippen LogP contribution in [0.5, 0.6) is 0 Å². The summed E-state index contributed by atoms with van der Waals surface area (Å²) in [6, 6.07) is 9.69. The lowest BCUT2D eigenvalue weighted by Gasteiger charge is -2.28. The zero-order valence-electron chi connectivity index (χ0n) is 11.9. The maximum atomic E-state index is 13.6. The summed E-state index contributed by atoms with van der Waals surface area (Å²) in [6.45, 7) is 0. The van der Waals surface area contributed by atoms with Gasteiger partial charge in [0.25, 0.3) is 0 Å². The lowest BCUT2D eigenvalue weighted by atomic mass is 9.91. The summed E-state index contributed by atoms with van der Waals surface area (Å²) in [5.74, 6) is 0. The smallest absolute Gasteiger partial charge is 0.425 e. The molecule has 0 aliphatic heterocycles. The highest BCUT2D eigenvalue weighted by atomic mass is 19.4. The minimum Gasteiger partial charge on any atom is -0.453 e. The Balaban J connectivity index is 2.31. The van der Waals surface area contributed by atoms with Gasteiger partial charge in [0, 0.05) is 16.7 Å². The van der Waals surface area contributed by atoms with E-state index in [-0.39, 0.29) is 27.9 Å². The lowest BCUT2D eigenvalue weighted by molar-refractivity contribution is -0.246. The van der Waals surface area contributed by atoms with E-state index in [4.69, 9.17) is 0 Å². The highest BCUT2D eigenvalue weighted by Gasteiger charge is 2.61. The molecule has 2 N–H and O–H groups in total. The van der Waals surface area contributed by atoms with Crippen molar-refractivity contribution >= 4 is 11.8 Å². The Kier molecular flexibility index (Phi) is 3.33. The van der Waals surface area contributed by atoms with Gasteiger partial charge in [-0.3, -0.25) is 5.32 Å². The van der Waals surface area contributed by atoms with Crippen molar-refractivity contribution in [1.82, 2.24) is 0 Å². The minimum atomic E-state index is -4.90. The summed E-state index contributed by atoms with van der Waals surface area (Å²) in [5.41, 5.74) is -3.21. The first-order chi connectivity index (χ1) is 10.8. The van der Waals surface area contributed by atoms with Gasteiger partial charge in [0.2, 0.25) is 5.60 Å². The number of carbonyl (C=O) groups excluding carboxylic acids is 1. The summed E-state index contributed by atoms with van der Waals surface area (Å²) < 4.78 is 45.3.